The largest absolute Gasteiger partial charge is 0.493 e. The lowest BCUT2D eigenvalue weighted by atomic mass is 10.1. The Labute approximate surface area is 95.5 Å². The second-order valence-corrected chi connectivity index (χ2v) is 3.31. The van der Waals surface area contributed by atoms with Gasteiger partial charge in [0.1, 0.15) is 0 Å². The third-order valence-corrected chi connectivity index (χ3v) is 2.45. The molecule has 0 saturated carbocycles. The molecule has 0 amide bonds. The van der Waals surface area contributed by atoms with Crippen LogP contribution in [0.3, 0.4) is 0 Å². The van der Waals surface area contributed by atoms with Crippen molar-refractivity contribution in [2.75, 3.05) is 21.3 Å². The Kier molecular flexibility index (Phi) is 4.39. The summed E-state index contributed by atoms with van der Waals surface area (Å²) >= 11 is 0. The van der Waals surface area contributed by atoms with Crippen LogP contribution in [0.15, 0.2) is 12.1 Å². The maximum absolute atomic E-state index is 5.41. The molecule has 0 bridgehead atoms. The van der Waals surface area contributed by atoms with Crippen LogP contribution < -0.4 is 25.5 Å². The van der Waals surface area contributed by atoms with Crippen molar-refractivity contribution in [1.29, 1.82) is 0 Å². The minimum absolute atomic E-state index is 0.0326. The zero-order valence-corrected chi connectivity index (χ0v) is 10.0. The van der Waals surface area contributed by atoms with Gasteiger partial charge in [-0.15, -0.1) is 0 Å². The van der Waals surface area contributed by atoms with E-state index in [0.717, 1.165) is 5.56 Å². The number of methoxy groups -OCH3 is 3. The van der Waals surface area contributed by atoms with Gasteiger partial charge in [-0.2, -0.15) is 0 Å². The highest BCUT2D eigenvalue weighted by Crippen LogP contribution is 2.41. The van der Waals surface area contributed by atoms with Gasteiger partial charge in [-0.1, -0.05) is 0 Å². The number of ether oxygens (including phenoxy) is 3. The highest BCUT2D eigenvalue weighted by molar-refractivity contribution is 5.56. The average Bonchev–Trinajstić information content (AvgIpc) is 2.35. The van der Waals surface area contributed by atoms with Crippen molar-refractivity contribution in [3.8, 4) is 17.2 Å². The first-order valence-corrected chi connectivity index (χ1v) is 4.94. The number of hydrogen-bond donors (Lipinski definition) is 2. The predicted molar refractivity (Wildman–Crippen MR) is 61.8 cm³/mol. The maximum atomic E-state index is 5.41. The molecular weight excluding hydrogens is 208 g/mol. The summed E-state index contributed by atoms with van der Waals surface area (Å²) in [6.07, 6.45) is 0. The van der Waals surface area contributed by atoms with Gasteiger partial charge in [-0.05, 0) is 19.1 Å². The highest BCUT2D eigenvalue weighted by atomic mass is 16.5. The molecule has 1 aromatic carbocycles. The standard InChI is InChI=1S/C11H18N2O3/c1-7(13-12)8-5-6-9(14-2)11(16-4)10(8)15-3/h5-7,13H,12H2,1-4H3. The number of rotatable bonds is 5. The van der Waals surface area contributed by atoms with Crippen LogP contribution >= 0.6 is 0 Å². The van der Waals surface area contributed by atoms with Gasteiger partial charge in [0.15, 0.2) is 11.5 Å². The molecule has 90 valence electrons. The van der Waals surface area contributed by atoms with Crippen molar-refractivity contribution in [2.24, 2.45) is 5.84 Å². The number of benzene rings is 1. The van der Waals surface area contributed by atoms with Gasteiger partial charge in [0.25, 0.3) is 0 Å². The molecule has 16 heavy (non-hydrogen) atoms. The van der Waals surface area contributed by atoms with Crippen molar-refractivity contribution in [3.63, 3.8) is 0 Å². The van der Waals surface area contributed by atoms with Gasteiger partial charge in [0.2, 0.25) is 5.75 Å². The van der Waals surface area contributed by atoms with Crippen LogP contribution in [-0.2, 0) is 0 Å². The summed E-state index contributed by atoms with van der Waals surface area (Å²) in [5.74, 6) is 7.25. The summed E-state index contributed by atoms with van der Waals surface area (Å²) in [5, 5.41) is 0. The maximum Gasteiger partial charge on any atom is 0.203 e. The molecule has 1 unspecified atom stereocenters. The van der Waals surface area contributed by atoms with E-state index in [4.69, 9.17) is 20.1 Å². The molecule has 5 heteroatoms. The van der Waals surface area contributed by atoms with E-state index in [1.54, 1.807) is 21.3 Å². The van der Waals surface area contributed by atoms with Gasteiger partial charge in [-0.25, -0.2) is 0 Å². The molecule has 0 aliphatic rings. The molecule has 1 aromatic rings. The molecule has 3 N–H and O–H groups in total. The lowest BCUT2D eigenvalue weighted by molar-refractivity contribution is 0.320. The van der Waals surface area contributed by atoms with E-state index in [1.165, 1.54) is 0 Å². The van der Waals surface area contributed by atoms with E-state index in [1.807, 2.05) is 19.1 Å². The van der Waals surface area contributed by atoms with E-state index in [9.17, 15) is 0 Å². The first-order chi connectivity index (χ1) is 7.69. The summed E-state index contributed by atoms with van der Waals surface area (Å²) < 4.78 is 15.8. The first-order valence-electron chi connectivity index (χ1n) is 4.94. The summed E-state index contributed by atoms with van der Waals surface area (Å²) in [7, 11) is 4.75. The monoisotopic (exact) mass is 226 g/mol. The fraction of sp³-hybridized carbons (Fsp3) is 0.455. The van der Waals surface area contributed by atoms with Gasteiger partial charge in [0.05, 0.1) is 21.3 Å². The number of nitrogens with one attached hydrogen (secondary N) is 1. The third kappa shape index (κ3) is 2.20. The lowest BCUT2D eigenvalue weighted by Crippen LogP contribution is -2.26. The second-order valence-electron chi connectivity index (χ2n) is 3.31. The molecule has 0 fully saturated rings. The summed E-state index contributed by atoms with van der Waals surface area (Å²) in [4.78, 5) is 0. The fourth-order valence-electron chi connectivity index (χ4n) is 1.56. The van der Waals surface area contributed by atoms with Crippen LogP contribution in [0.1, 0.15) is 18.5 Å². The molecule has 0 radical (unpaired) electrons. The van der Waals surface area contributed by atoms with Crippen molar-refractivity contribution in [2.45, 2.75) is 13.0 Å². The molecule has 0 aliphatic heterocycles. The summed E-state index contributed by atoms with van der Waals surface area (Å²) in [6, 6.07) is 3.68. The van der Waals surface area contributed by atoms with E-state index in [-0.39, 0.29) is 6.04 Å². The minimum Gasteiger partial charge on any atom is -0.493 e. The Morgan fingerprint density at radius 2 is 1.69 bits per heavy atom. The van der Waals surface area contributed by atoms with Crippen LogP contribution in [-0.4, -0.2) is 21.3 Å². The first kappa shape index (κ1) is 12.6. The quantitative estimate of drug-likeness (QED) is 0.584. The van der Waals surface area contributed by atoms with Crippen molar-refractivity contribution >= 4 is 0 Å². The smallest absolute Gasteiger partial charge is 0.203 e. The predicted octanol–water partition coefficient (Wildman–Crippen LogP) is 1.24. The highest BCUT2D eigenvalue weighted by Gasteiger charge is 2.18. The normalized spacial score (nSPS) is 12.1. The molecule has 0 heterocycles. The van der Waals surface area contributed by atoms with E-state index in [0.29, 0.717) is 17.2 Å². The minimum atomic E-state index is -0.0326. The number of hydrogen-bond acceptors (Lipinski definition) is 5. The lowest BCUT2D eigenvalue weighted by Gasteiger charge is -2.19. The summed E-state index contributed by atoms with van der Waals surface area (Å²) in [6.45, 7) is 1.93. The van der Waals surface area contributed by atoms with Gasteiger partial charge >= 0.3 is 0 Å². The summed E-state index contributed by atoms with van der Waals surface area (Å²) in [5.41, 5.74) is 3.59. The van der Waals surface area contributed by atoms with E-state index < -0.39 is 0 Å². The van der Waals surface area contributed by atoms with Crippen molar-refractivity contribution < 1.29 is 14.2 Å². The zero-order chi connectivity index (χ0) is 12.1. The Morgan fingerprint density at radius 3 is 2.12 bits per heavy atom. The third-order valence-electron chi connectivity index (χ3n) is 2.45. The number of hydrazine groups is 1. The van der Waals surface area contributed by atoms with Gasteiger partial charge in [-0.3, -0.25) is 11.3 Å². The Bertz CT molecular complexity index is 355. The Hall–Kier alpha value is -1.46. The van der Waals surface area contributed by atoms with Crippen LogP contribution in [0, 0.1) is 0 Å². The number of nitrogens with two attached hydrogens (primary N) is 1. The Morgan fingerprint density at radius 1 is 1.06 bits per heavy atom. The Balaban J connectivity index is 3.31. The van der Waals surface area contributed by atoms with Crippen LogP contribution in [0.2, 0.25) is 0 Å². The topological polar surface area (TPSA) is 65.7 Å². The molecular formula is C11H18N2O3. The van der Waals surface area contributed by atoms with Gasteiger partial charge in [0, 0.05) is 11.6 Å². The molecule has 0 spiro atoms. The zero-order valence-electron chi connectivity index (χ0n) is 10.0. The van der Waals surface area contributed by atoms with Gasteiger partial charge < -0.3 is 14.2 Å². The molecule has 5 nitrogen and oxygen atoms in total. The molecule has 0 aromatic heterocycles. The molecule has 1 rings (SSSR count). The second kappa shape index (κ2) is 5.58. The van der Waals surface area contributed by atoms with Crippen LogP contribution in [0.5, 0.6) is 17.2 Å². The van der Waals surface area contributed by atoms with E-state index >= 15 is 0 Å². The van der Waals surface area contributed by atoms with Crippen molar-refractivity contribution in [1.82, 2.24) is 5.43 Å². The molecule has 0 saturated heterocycles. The molecule has 0 aliphatic carbocycles. The fourth-order valence-corrected chi connectivity index (χ4v) is 1.56. The molecule has 1 atom stereocenters. The average molecular weight is 226 g/mol. The SMILES string of the molecule is COc1ccc(C(C)NN)c(OC)c1OC. The van der Waals surface area contributed by atoms with Crippen molar-refractivity contribution in [3.05, 3.63) is 17.7 Å². The van der Waals surface area contributed by atoms with Crippen LogP contribution in [0.4, 0.5) is 0 Å². The van der Waals surface area contributed by atoms with E-state index in [2.05, 4.69) is 5.43 Å². The van der Waals surface area contributed by atoms with Crippen LogP contribution in [0.25, 0.3) is 0 Å².